The van der Waals surface area contributed by atoms with Crippen LogP contribution in [-0.2, 0) is 11.2 Å². The minimum Gasteiger partial charge on any atom is -0.614 e. The van der Waals surface area contributed by atoms with Crippen LogP contribution in [-0.4, -0.2) is 82.9 Å². The first-order valence-corrected chi connectivity index (χ1v) is 11.2. The first kappa shape index (κ1) is 22.6. The van der Waals surface area contributed by atoms with E-state index >= 15 is 0 Å². The number of benzene rings is 1. The van der Waals surface area contributed by atoms with Crippen molar-refractivity contribution < 1.29 is 4.55 Å². The molecule has 6 nitrogen and oxygen atoms in total. The Bertz CT molecular complexity index is 818. The molecular weight excluding hydrogens is 429 g/mol. The summed E-state index contributed by atoms with van der Waals surface area (Å²) in [4.78, 5) is 4.43. The van der Waals surface area contributed by atoms with Crippen LogP contribution >= 0.6 is 24.0 Å². The summed E-state index contributed by atoms with van der Waals surface area (Å²) in [6.45, 7) is 2.33. The van der Waals surface area contributed by atoms with Crippen molar-refractivity contribution in [2.75, 3.05) is 47.9 Å². The van der Waals surface area contributed by atoms with Crippen molar-refractivity contribution in [3.8, 4) is 0 Å². The Balaban J connectivity index is 0.00000240. The van der Waals surface area contributed by atoms with Gasteiger partial charge in [0.2, 0.25) is 5.37 Å². The number of hydrazine groups is 1. The van der Waals surface area contributed by atoms with Gasteiger partial charge in [0.15, 0.2) is 0 Å². The number of hydrogen-bond acceptors (Lipinski definition) is 6. The van der Waals surface area contributed by atoms with Crippen LogP contribution in [0, 0.1) is 0 Å². The highest BCUT2D eigenvalue weighted by molar-refractivity contribution is 7.93. The van der Waals surface area contributed by atoms with Crippen LogP contribution in [0.4, 0.5) is 0 Å². The van der Waals surface area contributed by atoms with Gasteiger partial charge in [-0.2, -0.15) is 0 Å². The fourth-order valence-electron chi connectivity index (χ4n) is 4.13. The van der Waals surface area contributed by atoms with Crippen molar-refractivity contribution in [1.82, 2.24) is 25.1 Å². The molecule has 3 aliphatic heterocycles. The van der Waals surface area contributed by atoms with E-state index in [-0.39, 0.29) is 23.0 Å². The van der Waals surface area contributed by atoms with Crippen molar-refractivity contribution in [2.24, 2.45) is 0 Å². The lowest BCUT2D eigenvalue weighted by Crippen LogP contribution is -2.41. The highest BCUT2D eigenvalue weighted by atomic mass is 35.5. The lowest BCUT2D eigenvalue weighted by molar-refractivity contribution is 0.110. The molecule has 160 valence electrons. The number of fused-ring (bicyclic) bond motifs is 3. The summed E-state index contributed by atoms with van der Waals surface area (Å²) < 4.78 is 13.5. The smallest absolute Gasteiger partial charge is 0.215 e. The van der Waals surface area contributed by atoms with Gasteiger partial charge in [-0.3, -0.25) is 9.91 Å². The highest BCUT2D eigenvalue weighted by Crippen LogP contribution is 2.41. The van der Waals surface area contributed by atoms with E-state index in [0.717, 1.165) is 30.0 Å². The van der Waals surface area contributed by atoms with E-state index in [2.05, 4.69) is 52.4 Å². The predicted molar refractivity (Wildman–Crippen MR) is 123 cm³/mol. The summed E-state index contributed by atoms with van der Waals surface area (Å²) in [5.41, 5.74) is 3.18. The third kappa shape index (κ3) is 4.09. The Hall–Kier alpha value is -1.09. The van der Waals surface area contributed by atoms with Crippen LogP contribution in [0.5, 0.6) is 0 Å². The fraction of sp³-hybridized carbons (Fsp3) is 0.500. The molecule has 3 heterocycles. The van der Waals surface area contributed by atoms with Gasteiger partial charge in [0, 0.05) is 44.7 Å². The Kier molecular flexibility index (Phi) is 6.98. The van der Waals surface area contributed by atoms with E-state index in [9.17, 15) is 4.55 Å². The summed E-state index contributed by atoms with van der Waals surface area (Å²) in [5.74, 6) is 1.03. The van der Waals surface area contributed by atoms with E-state index in [1.807, 2.05) is 31.3 Å². The maximum atomic E-state index is 13.5. The quantitative estimate of drug-likeness (QED) is 0.553. The Morgan fingerprint density at radius 1 is 1.28 bits per heavy atom. The first-order valence-electron chi connectivity index (χ1n) is 9.57. The van der Waals surface area contributed by atoms with Gasteiger partial charge in [0.1, 0.15) is 11.1 Å². The zero-order chi connectivity index (χ0) is 20.0. The monoisotopic (exact) mass is 457 g/mol. The second kappa shape index (κ2) is 8.96. The maximum absolute atomic E-state index is 13.5. The van der Waals surface area contributed by atoms with E-state index < -0.39 is 11.2 Å². The Labute approximate surface area is 187 Å². The molecular formula is C20H29Cl2N5OS. The van der Waals surface area contributed by atoms with E-state index in [0.29, 0.717) is 18.2 Å². The normalized spacial score (nSPS) is 26.7. The van der Waals surface area contributed by atoms with Gasteiger partial charge in [0.25, 0.3) is 0 Å². The molecule has 0 saturated carbocycles. The number of nitrogens with zero attached hydrogens (tertiary/aromatic N) is 4. The predicted octanol–water partition coefficient (Wildman–Crippen LogP) is 2.38. The van der Waals surface area contributed by atoms with E-state index in [1.165, 1.54) is 5.57 Å². The molecule has 0 amide bonds. The molecule has 29 heavy (non-hydrogen) atoms. The zero-order valence-corrected chi connectivity index (χ0v) is 19.7. The number of hydrogen-bond donors (Lipinski definition) is 1. The number of halogens is 2. The lowest BCUT2D eigenvalue weighted by Gasteiger charge is -2.30. The summed E-state index contributed by atoms with van der Waals surface area (Å²) >= 11 is 5.55. The van der Waals surface area contributed by atoms with Crippen molar-refractivity contribution in [3.05, 3.63) is 52.3 Å². The SMILES string of the molecule is CN(C)CCC1C=C2CNC(c3ccccc3Cl)=C3N(CN(C)N3C)C2[S+]1[O-].Cl. The Morgan fingerprint density at radius 3 is 2.69 bits per heavy atom. The highest BCUT2D eigenvalue weighted by Gasteiger charge is 2.49. The molecule has 9 heteroatoms. The molecule has 1 N–H and O–H groups in total. The molecule has 1 saturated heterocycles. The molecule has 4 rings (SSSR count). The van der Waals surface area contributed by atoms with E-state index in [4.69, 9.17) is 11.6 Å². The van der Waals surface area contributed by atoms with Crippen molar-refractivity contribution in [3.63, 3.8) is 0 Å². The van der Waals surface area contributed by atoms with Crippen molar-refractivity contribution in [1.29, 1.82) is 0 Å². The maximum Gasteiger partial charge on any atom is 0.215 e. The van der Waals surface area contributed by atoms with Gasteiger partial charge in [-0.05, 0) is 37.4 Å². The van der Waals surface area contributed by atoms with Crippen LogP contribution < -0.4 is 5.32 Å². The van der Waals surface area contributed by atoms with Gasteiger partial charge in [0.05, 0.1) is 17.4 Å². The second-order valence-electron chi connectivity index (χ2n) is 7.88. The minimum absolute atomic E-state index is 0. The summed E-state index contributed by atoms with van der Waals surface area (Å²) in [7, 11) is 8.22. The van der Waals surface area contributed by atoms with Crippen LogP contribution in [0.3, 0.4) is 0 Å². The van der Waals surface area contributed by atoms with Gasteiger partial charge in [-0.1, -0.05) is 29.8 Å². The van der Waals surface area contributed by atoms with Gasteiger partial charge >= 0.3 is 0 Å². The third-order valence-electron chi connectivity index (χ3n) is 5.66. The first-order chi connectivity index (χ1) is 13.4. The van der Waals surface area contributed by atoms with Crippen molar-refractivity contribution >= 4 is 40.9 Å². The van der Waals surface area contributed by atoms with Crippen LogP contribution in [0.25, 0.3) is 5.70 Å². The topological polar surface area (TPSA) is 48.0 Å². The summed E-state index contributed by atoms with van der Waals surface area (Å²) in [5, 5.41) is 8.59. The third-order valence-corrected chi connectivity index (χ3v) is 7.96. The minimum atomic E-state index is -0.976. The standard InChI is InChI=1S/C20H28ClN5OS.ClH/c1-23(2)10-9-15-11-14-12-22-18(16-7-5-6-8-17(16)21)19-25(4)24(3)13-26(19)20(14)28(15)27;/h5-8,11,15,20,22H,9-10,12-13H2,1-4H3;1H. The molecule has 0 radical (unpaired) electrons. The largest absolute Gasteiger partial charge is 0.614 e. The molecule has 0 aliphatic carbocycles. The van der Waals surface area contributed by atoms with Crippen LogP contribution in [0.15, 0.2) is 41.7 Å². The van der Waals surface area contributed by atoms with Gasteiger partial charge in [-0.25, -0.2) is 5.01 Å². The lowest BCUT2D eigenvalue weighted by atomic mass is 10.1. The second-order valence-corrected chi connectivity index (χ2v) is 9.99. The molecule has 1 fully saturated rings. The average molecular weight is 458 g/mol. The van der Waals surface area contributed by atoms with Crippen LogP contribution in [0.2, 0.25) is 5.02 Å². The Morgan fingerprint density at radius 2 is 2.00 bits per heavy atom. The van der Waals surface area contributed by atoms with Gasteiger partial charge in [-0.15, -0.1) is 12.4 Å². The molecule has 3 atom stereocenters. The molecule has 0 aromatic heterocycles. The van der Waals surface area contributed by atoms with Crippen molar-refractivity contribution in [2.45, 2.75) is 17.0 Å². The summed E-state index contributed by atoms with van der Waals surface area (Å²) in [6, 6.07) is 7.89. The van der Waals surface area contributed by atoms with Crippen LogP contribution in [0.1, 0.15) is 12.0 Å². The summed E-state index contributed by atoms with van der Waals surface area (Å²) in [6.07, 6.45) is 3.15. The molecule has 0 spiro atoms. The molecule has 1 aromatic carbocycles. The molecule has 1 aromatic rings. The van der Waals surface area contributed by atoms with Gasteiger partial charge < -0.3 is 14.8 Å². The number of nitrogens with one attached hydrogen (secondary N) is 1. The van der Waals surface area contributed by atoms with E-state index in [1.54, 1.807) is 0 Å². The molecule has 0 bridgehead atoms. The molecule has 3 aliphatic rings. The average Bonchev–Trinajstić information content (AvgIpc) is 3.05. The molecule has 3 unspecified atom stereocenters. The zero-order valence-electron chi connectivity index (χ0n) is 17.3. The number of rotatable bonds is 4. The fourth-order valence-corrected chi connectivity index (χ4v) is 6.21.